The summed E-state index contributed by atoms with van der Waals surface area (Å²) in [6, 6.07) is 17.5. The van der Waals surface area contributed by atoms with E-state index < -0.39 is 0 Å². The Morgan fingerprint density at radius 2 is 1.79 bits per heavy atom. The summed E-state index contributed by atoms with van der Waals surface area (Å²) in [5.74, 6) is 2.26. The number of ether oxygens (including phenoxy) is 2. The van der Waals surface area contributed by atoms with Gasteiger partial charge in [0, 0.05) is 11.9 Å². The molecule has 7 nitrogen and oxygen atoms in total. The van der Waals surface area contributed by atoms with E-state index in [-0.39, 0.29) is 0 Å². The van der Waals surface area contributed by atoms with E-state index >= 15 is 0 Å². The molecule has 33 heavy (non-hydrogen) atoms. The average molecular weight is 496 g/mol. The summed E-state index contributed by atoms with van der Waals surface area (Å²) < 4.78 is 11.5. The second kappa shape index (κ2) is 10.1. The second-order valence-electron chi connectivity index (χ2n) is 6.97. The third kappa shape index (κ3) is 5.39. The Morgan fingerprint density at radius 3 is 2.64 bits per heavy atom. The number of anilines is 1. The molecule has 0 aliphatic heterocycles. The minimum Gasteiger partial charge on any atom is -0.486 e. The van der Waals surface area contributed by atoms with E-state index in [2.05, 4.69) is 25.5 Å². The molecular weight excluding hydrogens is 478 g/mol. The fourth-order valence-corrected chi connectivity index (χ4v) is 4.88. The number of hydrogen-bond donors (Lipinski definition) is 1. The van der Waals surface area contributed by atoms with Crippen LogP contribution in [0.4, 0.5) is 5.82 Å². The molecule has 0 spiro atoms. The SMILES string of the molecule is Clc1csc2ncnc(NCCc3ccc(Oc4nnc(COc5ccccc5)s4)cc3)c12. The molecule has 0 amide bonds. The lowest BCUT2D eigenvalue weighted by molar-refractivity contribution is 0.304. The molecule has 5 aromatic rings. The first-order chi connectivity index (χ1) is 16.2. The molecule has 10 heteroatoms. The highest BCUT2D eigenvalue weighted by Gasteiger charge is 2.10. The number of benzene rings is 2. The Bertz CT molecular complexity index is 1340. The molecule has 166 valence electrons. The maximum Gasteiger partial charge on any atom is 0.299 e. The number of nitrogens with one attached hydrogen (secondary N) is 1. The van der Waals surface area contributed by atoms with Crippen LogP contribution >= 0.6 is 34.3 Å². The summed E-state index contributed by atoms with van der Waals surface area (Å²) in [5.41, 5.74) is 1.17. The predicted octanol–water partition coefficient (Wildman–Crippen LogP) is 6.22. The first-order valence-corrected chi connectivity index (χ1v) is 12.2. The van der Waals surface area contributed by atoms with Crippen molar-refractivity contribution in [3.8, 4) is 16.7 Å². The number of thiophene rings is 1. The topological polar surface area (TPSA) is 82.1 Å². The number of nitrogens with zero attached hydrogens (tertiary/aromatic N) is 4. The van der Waals surface area contributed by atoms with Crippen molar-refractivity contribution in [2.45, 2.75) is 13.0 Å². The largest absolute Gasteiger partial charge is 0.486 e. The molecule has 0 unspecified atom stereocenters. The molecule has 5 rings (SSSR count). The Morgan fingerprint density at radius 1 is 0.939 bits per heavy atom. The van der Waals surface area contributed by atoms with Gasteiger partial charge in [0.15, 0.2) is 5.01 Å². The Labute approximate surface area is 203 Å². The van der Waals surface area contributed by atoms with Crippen LogP contribution in [-0.2, 0) is 13.0 Å². The molecule has 0 saturated heterocycles. The zero-order chi connectivity index (χ0) is 22.5. The Hall–Kier alpha value is -3.27. The molecule has 0 atom stereocenters. The third-order valence-electron chi connectivity index (χ3n) is 4.71. The van der Waals surface area contributed by atoms with E-state index in [1.54, 1.807) is 6.33 Å². The van der Waals surface area contributed by atoms with E-state index in [0.717, 1.165) is 39.8 Å². The maximum atomic E-state index is 6.27. The second-order valence-corrected chi connectivity index (χ2v) is 9.26. The molecule has 0 aliphatic carbocycles. The van der Waals surface area contributed by atoms with Gasteiger partial charge in [-0.1, -0.05) is 58.4 Å². The van der Waals surface area contributed by atoms with Gasteiger partial charge in [0.1, 0.15) is 35.1 Å². The third-order valence-corrected chi connectivity index (χ3v) is 6.80. The van der Waals surface area contributed by atoms with E-state index in [4.69, 9.17) is 21.1 Å². The van der Waals surface area contributed by atoms with Gasteiger partial charge < -0.3 is 14.8 Å². The molecule has 0 saturated carbocycles. The van der Waals surface area contributed by atoms with Gasteiger partial charge in [-0.2, -0.15) is 0 Å². The minimum absolute atomic E-state index is 0.353. The van der Waals surface area contributed by atoms with Gasteiger partial charge >= 0.3 is 0 Å². The molecule has 3 heterocycles. The summed E-state index contributed by atoms with van der Waals surface area (Å²) in [6.07, 6.45) is 2.38. The van der Waals surface area contributed by atoms with Crippen LogP contribution in [0, 0.1) is 0 Å². The zero-order valence-corrected chi connectivity index (χ0v) is 19.7. The lowest BCUT2D eigenvalue weighted by Gasteiger charge is -2.08. The maximum absolute atomic E-state index is 6.27. The number of aromatic nitrogens is 4. The van der Waals surface area contributed by atoms with Crippen LogP contribution in [0.2, 0.25) is 5.02 Å². The van der Waals surface area contributed by atoms with Crippen molar-refractivity contribution < 1.29 is 9.47 Å². The molecule has 1 N–H and O–H groups in total. The van der Waals surface area contributed by atoms with Gasteiger partial charge in [0.2, 0.25) is 0 Å². The van der Waals surface area contributed by atoms with Crippen molar-refractivity contribution in [3.63, 3.8) is 0 Å². The standard InChI is InChI=1S/C23H18ClN5O2S2/c24-18-13-32-22-20(18)21(26-14-27-22)25-11-10-15-6-8-17(9-7-15)31-23-29-28-19(33-23)12-30-16-4-2-1-3-5-16/h1-9,13-14H,10-12H2,(H,25,26,27). The van der Waals surface area contributed by atoms with Gasteiger partial charge in [0.05, 0.1) is 10.4 Å². The molecule has 0 radical (unpaired) electrons. The average Bonchev–Trinajstić information content (AvgIpc) is 3.46. The van der Waals surface area contributed by atoms with E-state index in [1.807, 2.05) is 60.0 Å². The summed E-state index contributed by atoms with van der Waals surface area (Å²) in [7, 11) is 0. The fourth-order valence-electron chi connectivity index (χ4n) is 3.12. The van der Waals surface area contributed by atoms with E-state index in [0.29, 0.717) is 22.6 Å². The molecule has 0 bridgehead atoms. The molecule has 0 aliphatic rings. The highest BCUT2D eigenvalue weighted by atomic mass is 35.5. The first-order valence-electron chi connectivity index (χ1n) is 10.1. The quantitative estimate of drug-likeness (QED) is 0.260. The van der Waals surface area contributed by atoms with Gasteiger partial charge in [0.25, 0.3) is 5.19 Å². The van der Waals surface area contributed by atoms with Crippen LogP contribution in [-0.4, -0.2) is 26.7 Å². The van der Waals surface area contributed by atoms with Crippen LogP contribution < -0.4 is 14.8 Å². The Balaban J connectivity index is 1.13. The van der Waals surface area contributed by atoms with Crippen molar-refractivity contribution in [2.24, 2.45) is 0 Å². The molecule has 0 fully saturated rings. The van der Waals surface area contributed by atoms with Crippen molar-refractivity contribution in [1.29, 1.82) is 0 Å². The lowest BCUT2D eigenvalue weighted by Crippen LogP contribution is -2.06. The van der Waals surface area contributed by atoms with Crippen molar-refractivity contribution in [1.82, 2.24) is 20.2 Å². The predicted molar refractivity (Wildman–Crippen MR) is 132 cm³/mol. The van der Waals surface area contributed by atoms with Gasteiger partial charge in [-0.15, -0.1) is 16.4 Å². The zero-order valence-electron chi connectivity index (χ0n) is 17.3. The number of fused-ring (bicyclic) bond motifs is 1. The Kier molecular flexibility index (Phi) is 6.61. The number of hydrogen-bond acceptors (Lipinski definition) is 9. The first kappa shape index (κ1) is 21.6. The van der Waals surface area contributed by atoms with Crippen molar-refractivity contribution >= 4 is 50.3 Å². The van der Waals surface area contributed by atoms with E-state index in [1.165, 1.54) is 28.2 Å². The highest BCUT2D eigenvalue weighted by Crippen LogP contribution is 2.32. The van der Waals surface area contributed by atoms with Crippen LogP contribution in [0.25, 0.3) is 10.2 Å². The number of rotatable bonds is 9. The molecule has 3 aromatic heterocycles. The molecular formula is C23H18ClN5O2S2. The monoisotopic (exact) mass is 495 g/mol. The molecule has 2 aromatic carbocycles. The normalized spacial score (nSPS) is 10.9. The van der Waals surface area contributed by atoms with Crippen LogP contribution in [0.5, 0.6) is 16.7 Å². The van der Waals surface area contributed by atoms with Crippen LogP contribution in [0.15, 0.2) is 66.3 Å². The van der Waals surface area contributed by atoms with E-state index in [9.17, 15) is 0 Å². The minimum atomic E-state index is 0.353. The van der Waals surface area contributed by atoms with Crippen molar-refractivity contribution in [3.05, 3.63) is 81.9 Å². The summed E-state index contributed by atoms with van der Waals surface area (Å²) in [5, 5.41) is 16.2. The fraction of sp³-hybridized carbons (Fsp3) is 0.130. The van der Waals surface area contributed by atoms with Crippen LogP contribution in [0.3, 0.4) is 0 Å². The summed E-state index contributed by atoms with van der Waals surface area (Å²) in [4.78, 5) is 9.46. The number of halogens is 1. The van der Waals surface area contributed by atoms with Gasteiger partial charge in [-0.3, -0.25) is 0 Å². The summed E-state index contributed by atoms with van der Waals surface area (Å²) >= 11 is 9.14. The van der Waals surface area contributed by atoms with Gasteiger partial charge in [-0.25, -0.2) is 9.97 Å². The smallest absolute Gasteiger partial charge is 0.299 e. The van der Waals surface area contributed by atoms with Crippen molar-refractivity contribution in [2.75, 3.05) is 11.9 Å². The van der Waals surface area contributed by atoms with Gasteiger partial charge in [-0.05, 0) is 36.2 Å². The highest BCUT2D eigenvalue weighted by molar-refractivity contribution is 7.17. The van der Waals surface area contributed by atoms with Crippen LogP contribution in [0.1, 0.15) is 10.6 Å². The lowest BCUT2D eigenvalue weighted by atomic mass is 10.1. The summed E-state index contributed by atoms with van der Waals surface area (Å²) in [6.45, 7) is 1.08. The number of para-hydroxylation sites is 1.